The van der Waals surface area contributed by atoms with E-state index >= 15 is 0 Å². The molecule has 0 heterocycles. The Labute approximate surface area is 156 Å². The van der Waals surface area contributed by atoms with Crippen LogP contribution in [0.15, 0.2) is 35.5 Å². The van der Waals surface area contributed by atoms with Crippen LogP contribution in [0.2, 0.25) is 0 Å². The van der Waals surface area contributed by atoms with Crippen molar-refractivity contribution in [3.8, 4) is 0 Å². The third kappa shape index (κ3) is 15.0. The van der Waals surface area contributed by atoms with Crippen LogP contribution in [0.3, 0.4) is 0 Å². The van der Waals surface area contributed by atoms with E-state index in [4.69, 9.17) is 0 Å². The fraction of sp³-hybridized carbons (Fsp3) is 0.375. The maximum atomic E-state index is 3.23. The standard InChI is InChI=1S/C9H13.C5H5.2CH3.2ClH.H2Si.Zr/c1-3-8-6-5-7-9(8)4-2;1-2-4-5-3-1;;;;;;/h6H,3-4,7H2,1-2H3;1-3H,4H2;2*1H3;2*1H;1H2;/q4*-1;;;;. The Kier molecular flexibility index (Phi) is 40.1. The predicted molar refractivity (Wildman–Crippen MR) is 97.5 cm³/mol. The molecule has 0 radical (unpaired) electrons. The number of halogens is 2. The molecule has 20 heavy (non-hydrogen) atoms. The zero-order valence-corrected chi connectivity index (χ0v) is 18.7. The molecule has 0 aliphatic heterocycles. The molecule has 0 aromatic heterocycles. The Balaban J connectivity index is -0.0000000604. The molecule has 0 nitrogen and oxygen atoms in total. The summed E-state index contributed by atoms with van der Waals surface area (Å²) < 4.78 is 0. The zero-order valence-electron chi connectivity index (χ0n) is 13.2. The molecule has 0 atom stereocenters. The maximum absolute atomic E-state index is 3.23. The van der Waals surface area contributed by atoms with Gasteiger partial charge in [-0.1, -0.05) is 26.7 Å². The van der Waals surface area contributed by atoms with E-state index in [-0.39, 0.29) is 39.7 Å². The first kappa shape index (κ1) is 32.5. The molecule has 0 N–H and O–H groups in total. The van der Waals surface area contributed by atoms with E-state index < -0.39 is 0 Å². The minimum atomic E-state index is 0. The molecule has 0 aromatic carbocycles. The van der Waals surface area contributed by atoms with Gasteiger partial charge in [-0.05, 0) is 0 Å². The first-order valence-electron chi connectivity index (χ1n) is 5.73. The van der Waals surface area contributed by atoms with Gasteiger partial charge in [0.25, 0.3) is 0 Å². The van der Waals surface area contributed by atoms with Crippen molar-refractivity contribution in [2.24, 2.45) is 0 Å². The topological polar surface area (TPSA) is 0 Å². The van der Waals surface area contributed by atoms with Crippen LogP contribution in [0.1, 0.15) is 39.5 Å². The normalized spacial score (nSPS) is 12.4. The van der Waals surface area contributed by atoms with Gasteiger partial charge in [0, 0.05) is 0 Å². The number of hydrogen-bond donors (Lipinski definition) is 0. The zero-order chi connectivity index (χ0) is 12.2. The fourth-order valence-electron chi connectivity index (χ4n) is 1.56. The van der Waals surface area contributed by atoms with Gasteiger partial charge in [0.05, 0.1) is 0 Å². The van der Waals surface area contributed by atoms with E-state index in [1.807, 2.05) is 19.0 Å². The monoisotopic (exact) mass is 408 g/mol. The first-order chi connectivity index (χ1) is 7.88. The molecule has 0 aromatic rings. The summed E-state index contributed by atoms with van der Waals surface area (Å²) in [5.74, 6) is 0. The molecule has 0 amide bonds. The second-order valence-corrected chi connectivity index (χ2v) is 3.36. The van der Waals surface area contributed by atoms with Gasteiger partial charge in [-0.25, -0.2) is 18.2 Å². The summed E-state index contributed by atoms with van der Waals surface area (Å²) in [7, 11) is 0. The van der Waals surface area contributed by atoms with Gasteiger partial charge in [0.1, 0.15) is 0 Å². The number of allylic oxidation sites excluding steroid dienone is 8. The van der Waals surface area contributed by atoms with Crippen LogP contribution in [0.25, 0.3) is 0 Å². The second-order valence-electron chi connectivity index (χ2n) is 3.36. The summed E-state index contributed by atoms with van der Waals surface area (Å²) >= 11 is 1.58. The van der Waals surface area contributed by atoms with Crippen molar-refractivity contribution in [3.05, 3.63) is 62.5 Å². The molecule has 2 aliphatic rings. The van der Waals surface area contributed by atoms with E-state index in [1.165, 1.54) is 18.4 Å². The Bertz CT molecular complexity index is 298. The Morgan fingerprint density at radius 1 is 1.10 bits per heavy atom. The summed E-state index contributed by atoms with van der Waals surface area (Å²) in [6.45, 7) is 6.37. The van der Waals surface area contributed by atoms with Crippen LogP contribution < -0.4 is 0 Å². The summed E-state index contributed by atoms with van der Waals surface area (Å²) in [6.07, 6.45) is 18.8. The van der Waals surface area contributed by atoms with Crippen molar-refractivity contribution in [2.75, 3.05) is 0 Å². The Morgan fingerprint density at radius 2 is 1.70 bits per heavy atom. The third-order valence-corrected chi connectivity index (χ3v) is 2.44. The van der Waals surface area contributed by atoms with Crippen LogP contribution in [-0.4, -0.2) is 6.88 Å². The SMILES string of the molecule is CCC1=C(CC)C[C-]=C1.Cl.Cl.[C-]1=CC=CC1.[CH3-].[CH3-].[SiH2]=[Zr]. The van der Waals surface area contributed by atoms with Gasteiger partial charge in [-0.3, -0.25) is 12.2 Å². The van der Waals surface area contributed by atoms with Crippen molar-refractivity contribution < 1.29 is 23.3 Å². The van der Waals surface area contributed by atoms with E-state index in [0.29, 0.717) is 0 Å². The quantitative estimate of drug-likeness (QED) is 0.444. The summed E-state index contributed by atoms with van der Waals surface area (Å²) in [5, 5.41) is 0. The van der Waals surface area contributed by atoms with Gasteiger partial charge in [-0.15, -0.1) is 37.7 Å². The third-order valence-electron chi connectivity index (χ3n) is 2.44. The summed E-state index contributed by atoms with van der Waals surface area (Å²) in [6, 6.07) is 0. The molecule has 0 fully saturated rings. The molecule has 2 rings (SSSR count). The molecule has 0 bridgehead atoms. The Morgan fingerprint density at radius 3 is 1.95 bits per heavy atom. The molecule has 0 spiro atoms. The van der Waals surface area contributed by atoms with Gasteiger partial charge >= 0.3 is 30.2 Å². The van der Waals surface area contributed by atoms with E-state index in [9.17, 15) is 0 Å². The van der Waals surface area contributed by atoms with Gasteiger partial charge in [0.15, 0.2) is 0 Å². The molecule has 0 unspecified atom stereocenters. The molecule has 4 heteroatoms. The second kappa shape index (κ2) is 24.6. The van der Waals surface area contributed by atoms with Gasteiger partial charge in [0.2, 0.25) is 0 Å². The van der Waals surface area contributed by atoms with Crippen LogP contribution >= 0.6 is 24.8 Å². The average molecular weight is 411 g/mol. The van der Waals surface area contributed by atoms with Crippen molar-refractivity contribution in [1.29, 1.82) is 0 Å². The number of hydrogen-bond acceptors (Lipinski definition) is 0. The minimum absolute atomic E-state index is 0. The predicted octanol–water partition coefficient (Wildman–Crippen LogP) is 5.00. The average Bonchev–Trinajstić information content (AvgIpc) is 3.05. The number of rotatable bonds is 2. The molecule has 2 aliphatic carbocycles. The first-order valence-corrected chi connectivity index (χ1v) is 11.6. The molecular weight excluding hydrogens is 382 g/mol. The van der Waals surface area contributed by atoms with Crippen LogP contribution in [0.4, 0.5) is 0 Å². The van der Waals surface area contributed by atoms with Crippen molar-refractivity contribution in [2.45, 2.75) is 39.5 Å². The Hall–Kier alpha value is 0.640. The molecule has 118 valence electrons. The van der Waals surface area contributed by atoms with Crippen molar-refractivity contribution in [1.82, 2.24) is 0 Å². The van der Waals surface area contributed by atoms with E-state index in [0.717, 1.165) is 12.8 Å². The van der Waals surface area contributed by atoms with Gasteiger partial charge < -0.3 is 14.9 Å². The summed E-state index contributed by atoms with van der Waals surface area (Å²) in [5.41, 5.74) is 3.09. The molecule has 0 saturated heterocycles. The van der Waals surface area contributed by atoms with Crippen molar-refractivity contribution >= 4 is 31.7 Å². The van der Waals surface area contributed by atoms with Gasteiger partial charge in [-0.2, -0.15) is 17.2 Å². The fourth-order valence-corrected chi connectivity index (χ4v) is 1.56. The van der Waals surface area contributed by atoms with E-state index in [1.54, 1.807) is 28.9 Å². The van der Waals surface area contributed by atoms with Crippen LogP contribution in [-0.2, 0) is 23.3 Å². The van der Waals surface area contributed by atoms with E-state index in [2.05, 4.69) is 38.2 Å². The van der Waals surface area contributed by atoms with Crippen LogP contribution in [0.5, 0.6) is 0 Å². The summed E-state index contributed by atoms with van der Waals surface area (Å²) in [4.78, 5) is 0. The molecule has 0 saturated carbocycles. The van der Waals surface area contributed by atoms with Crippen LogP contribution in [0, 0.1) is 27.0 Å². The molecular formula is C16H28Cl2SiZr-4. The van der Waals surface area contributed by atoms with Crippen molar-refractivity contribution in [3.63, 3.8) is 0 Å².